The zero-order chi connectivity index (χ0) is 12.8. The summed E-state index contributed by atoms with van der Waals surface area (Å²) in [6.45, 7) is 5.42. The highest BCUT2D eigenvalue weighted by atomic mass is 35.5. The van der Waals surface area contributed by atoms with Crippen LogP contribution in [0.3, 0.4) is 0 Å². The van der Waals surface area contributed by atoms with Crippen molar-refractivity contribution in [1.29, 1.82) is 0 Å². The lowest BCUT2D eigenvalue weighted by Gasteiger charge is -2.20. The van der Waals surface area contributed by atoms with Crippen molar-refractivity contribution in [2.24, 2.45) is 0 Å². The van der Waals surface area contributed by atoms with E-state index in [1.165, 1.54) is 12.0 Å². The second kappa shape index (κ2) is 6.86. The molecule has 0 bridgehead atoms. The fraction of sp³-hybridized carbons (Fsp3) is 0.571. The molecule has 2 rings (SSSR count). The molecule has 1 aliphatic heterocycles. The van der Waals surface area contributed by atoms with Gasteiger partial charge in [-0.1, -0.05) is 18.5 Å². The molecule has 0 amide bonds. The second-order valence-electron chi connectivity index (χ2n) is 4.41. The van der Waals surface area contributed by atoms with Gasteiger partial charge in [-0.3, -0.25) is 0 Å². The van der Waals surface area contributed by atoms with Crippen LogP contribution >= 0.6 is 11.6 Å². The Morgan fingerprint density at radius 2 is 2.06 bits per heavy atom. The molecule has 4 heteroatoms. The Hall–Kier alpha value is -0.930. The van der Waals surface area contributed by atoms with Gasteiger partial charge in [0.25, 0.3) is 0 Å². The molecule has 0 aromatic heterocycles. The van der Waals surface area contributed by atoms with Gasteiger partial charge in [-0.25, -0.2) is 0 Å². The fourth-order valence-electron chi connectivity index (χ4n) is 2.06. The number of halogens is 1. The lowest BCUT2D eigenvalue weighted by Crippen LogP contribution is -2.16. The maximum atomic E-state index is 6.19. The van der Waals surface area contributed by atoms with Gasteiger partial charge in [-0.15, -0.1) is 0 Å². The van der Waals surface area contributed by atoms with Gasteiger partial charge in [0.15, 0.2) is 11.5 Å². The SMILES string of the molecule is CCNCCCCc1cc(Cl)c2c(c1)OCCO2. The molecule has 1 heterocycles. The molecular weight excluding hydrogens is 250 g/mol. The first kappa shape index (κ1) is 13.5. The van der Waals surface area contributed by atoms with E-state index in [0.717, 1.165) is 31.7 Å². The van der Waals surface area contributed by atoms with Crippen LogP contribution in [0.2, 0.25) is 5.02 Å². The third kappa shape index (κ3) is 3.53. The Labute approximate surface area is 113 Å². The minimum atomic E-state index is 0.578. The standard InChI is InChI=1S/C14H20ClNO2/c1-2-16-6-4-3-5-11-9-12(15)14-13(10-11)17-7-8-18-14/h9-10,16H,2-8H2,1H3. The van der Waals surface area contributed by atoms with Gasteiger partial charge in [0.05, 0.1) is 5.02 Å². The Morgan fingerprint density at radius 1 is 1.22 bits per heavy atom. The van der Waals surface area contributed by atoms with Gasteiger partial charge >= 0.3 is 0 Å². The quantitative estimate of drug-likeness (QED) is 0.806. The van der Waals surface area contributed by atoms with Crippen molar-refractivity contribution in [3.63, 3.8) is 0 Å². The number of fused-ring (bicyclic) bond motifs is 1. The summed E-state index contributed by atoms with van der Waals surface area (Å²) in [4.78, 5) is 0. The van der Waals surface area contributed by atoms with Crippen LogP contribution < -0.4 is 14.8 Å². The predicted molar refractivity (Wildman–Crippen MR) is 73.9 cm³/mol. The summed E-state index contributed by atoms with van der Waals surface area (Å²) in [7, 11) is 0. The highest BCUT2D eigenvalue weighted by Crippen LogP contribution is 2.38. The van der Waals surface area contributed by atoms with Crippen molar-refractivity contribution >= 4 is 11.6 Å². The van der Waals surface area contributed by atoms with Crippen LogP contribution in [-0.2, 0) is 6.42 Å². The molecule has 0 saturated carbocycles. The van der Waals surface area contributed by atoms with Crippen LogP contribution in [0.1, 0.15) is 25.3 Å². The number of aryl methyl sites for hydroxylation is 1. The monoisotopic (exact) mass is 269 g/mol. The zero-order valence-electron chi connectivity index (χ0n) is 10.8. The van der Waals surface area contributed by atoms with Gasteiger partial charge in [-0.05, 0) is 50.0 Å². The van der Waals surface area contributed by atoms with Crippen molar-refractivity contribution in [1.82, 2.24) is 5.32 Å². The highest BCUT2D eigenvalue weighted by molar-refractivity contribution is 6.32. The molecule has 100 valence electrons. The Balaban J connectivity index is 1.91. The van der Waals surface area contributed by atoms with E-state index in [2.05, 4.69) is 12.2 Å². The Bertz CT molecular complexity index is 396. The van der Waals surface area contributed by atoms with Crippen LogP contribution in [0.5, 0.6) is 11.5 Å². The molecule has 1 aromatic rings. The average molecular weight is 270 g/mol. The van der Waals surface area contributed by atoms with Crippen LogP contribution in [0.25, 0.3) is 0 Å². The topological polar surface area (TPSA) is 30.5 Å². The summed E-state index contributed by atoms with van der Waals surface area (Å²) in [6, 6.07) is 4.04. The summed E-state index contributed by atoms with van der Waals surface area (Å²) in [5, 5.41) is 3.99. The van der Waals surface area contributed by atoms with E-state index in [1.54, 1.807) is 0 Å². The number of rotatable bonds is 6. The second-order valence-corrected chi connectivity index (χ2v) is 4.82. The van der Waals surface area contributed by atoms with Gasteiger partial charge < -0.3 is 14.8 Å². The van der Waals surface area contributed by atoms with Crippen molar-refractivity contribution in [3.05, 3.63) is 22.7 Å². The maximum absolute atomic E-state index is 6.19. The van der Waals surface area contributed by atoms with Crippen LogP contribution in [-0.4, -0.2) is 26.3 Å². The molecule has 0 radical (unpaired) electrons. The predicted octanol–water partition coefficient (Wildman–Crippen LogP) is 3.04. The molecule has 0 atom stereocenters. The first-order valence-corrected chi connectivity index (χ1v) is 6.98. The summed E-state index contributed by atoms with van der Waals surface area (Å²) < 4.78 is 11.1. The summed E-state index contributed by atoms with van der Waals surface area (Å²) in [6.07, 6.45) is 3.37. The normalized spacial score (nSPS) is 13.7. The minimum Gasteiger partial charge on any atom is -0.486 e. The van der Waals surface area contributed by atoms with Crippen molar-refractivity contribution < 1.29 is 9.47 Å². The van der Waals surface area contributed by atoms with Crippen molar-refractivity contribution in [2.75, 3.05) is 26.3 Å². The lowest BCUT2D eigenvalue weighted by molar-refractivity contribution is 0.171. The number of benzene rings is 1. The third-order valence-electron chi connectivity index (χ3n) is 2.98. The van der Waals surface area contributed by atoms with Crippen molar-refractivity contribution in [2.45, 2.75) is 26.2 Å². The molecule has 0 saturated heterocycles. The molecule has 18 heavy (non-hydrogen) atoms. The average Bonchev–Trinajstić information content (AvgIpc) is 2.39. The number of ether oxygens (including phenoxy) is 2. The smallest absolute Gasteiger partial charge is 0.179 e. The Morgan fingerprint density at radius 3 is 2.89 bits per heavy atom. The highest BCUT2D eigenvalue weighted by Gasteiger charge is 2.16. The summed E-state index contributed by atoms with van der Waals surface area (Å²) in [5.74, 6) is 1.48. The lowest BCUT2D eigenvalue weighted by atomic mass is 10.1. The van der Waals surface area contributed by atoms with E-state index >= 15 is 0 Å². The molecular formula is C14H20ClNO2. The van der Waals surface area contributed by atoms with E-state index in [1.807, 2.05) is 12.1 Å². The molecule has 1 aliphatic rings. The van der Waals surface area contributed by atoms with E-state index in [4.69, 9.17) is 21.1 Å². The minimum absolute atomic E-state index is 0.578. The van der Waals surface area contributed by atoms with E-state index in [9.17, 15) is 0 Å². The summed E-state index contributed by atoms with van der Waals surface area (Å²) >= 11 is 6.19. The molecule has 1 aromatic carbocycles. The molecule has 3 nitrogen and oxygen atoms in total. The summed E-state index contributed by atoms with van der Waals surface area (Å²) in [5.41, 5.74) is 1.22. The first-order chi connectivity index (χ1) is 8.81. The maximum Gasteiger partial charge on any atom is 0.179 e. The van der Waals surface area contributed by atoms with E-state index in [-0.39, 0.29) is 0 Å². The van der Waals surface area contributed by atoms with E-state index < -0.39 is 0 Å². The molecule has 0 spiro atoms. The van der Waals surface area contributed by atoms with Gasteiger partial charge in [-0.2, -0.15) is 0 Å². The zero-order valence-corrected chi connectivity index (χ0v) is 11.6. The van der Waals surface area contributed by atoms with Crippen LogP contribution in [0, 0.1) is 0 Å². The molecule has 0 fully saturated rings. The van der Waals surface area contributed by atoms with Gasteiger partial charge in [0.2, 0.25) is 0 Å². The van der Waals surface area contributed by atoms with Crippen molar-refractivity contribution in [3.8, 4) is 11.5 Å². The number of hydrogen-bond acceptors (Lipinski definition) is 3. The number of unbranched alkanes of at least 4 members (excludes halogenated alkanes) is 1. The van der Waals surface area contributed by atoms with Gasteiger partial charge in [0, 0.05) is 0 Å². The molecule has 0 aliphatic carbocycles. The Kier molecular flexibility index (Phi) is 5.14. The fourth-order valence-corrected chi connectivity index (χ4v) is 2.35. The first-order valence-electron chi connectivity index (χ1n) is 6.60. The third-order valence-corrected chi connectivity index (χ3v) is 3.26. The van der Waals surface area contributed by atoms with E-state index in [0.29, 0.717) is 24.0 Å². The number of hydrogen-bond donors (Lipinski definition) is 1. The largest absolute Gasteiger partial charge is 0.486 e. The number of nitrogens with one attached hydrogen (secondary N) is 1. The van der Waals surface area contributed by atoms with Crippen LogP contribution in [0.15, 0.2) is 12.1 Å². The van der Waals surface area contributed by atoms with Crippen LogP contribution in [0.4, 0.5) is 0 Å². The molecule has 0 unspecified atom stereocenters. The molecule has 1 N–H and O–H groups in total. The van der Waals surface area contributed by atoms with Gasteiger partial charge in [0.1, 0.15) is 13.2 Å².